The van der Waals surface area contributed by atoms with E-state index in [1.807, 2.05) is 0 Å². The van der Waals surface area contributed by atoms with Crippen LogP contribution in [0.4, 0.5) is 0 Å². The molecular formula is C10H24N4. The van der Waals surface area contributed by atoms with Gasteiger partial charge in [-0.1, -0.05) is 27.2 Å². The van der Waals surface area contributed by atoms with Crippen molar-refractivity contribution in [1.29, 1.82) is 0 Å². The van der Waals surface area contributed by atoms with Crippen molar-refractivity contribution in [3.8, 4) is 0 Å². The minimum absolute atomic E-state index is 0.478. The highest BCUT2D eigenvalue weighted by atomic mass is 15.3. The van der Waals surface area contributed by atoms with Crippen molar-refractivity contribution in [1.82, 2.24) is 10.7 Å². The summed E-state index contributed by atoms with van der Waals surface area (Å²) < 4.78 is 0. The summed E-state index contributed by atoms with van der Waals surface area (Å²) in [5.41, 5.74) is 2.60. The predicted molar refractivity (Wildman–Crippen MR) is 62.0 cm³/mol. The Morgan fingerprint density at radius 3 is 2.43 bits per heavy atom. The molecule has 4 N–H and O–H groups in total. The van der Waals surface area contributed by atoms with Gasteiger partial charge in [-0.15, -0.1) is 0 Å². The maximum atomic E-state index is 5.37. The second-order valence-electron chi connectivity index (χ2n) is 3.41. The number of hydrogen-bond donors (Lipinski definition) is 3. The van der Waals surface area contributed by atoms with Gasteiger partial charge in [-0.3, -0.25) is 10.4 Å². The standard InChI is InChI=1S/C10H24N4/c1-4-7-9(6-3)13-10(14-11)12-8-5-2/h9H,4-8,11H2,1-3H3,(H2,12,13,14). The van der Waals surface area contributed by atoms with Crippen LogP contribution in [0.25, 0.3) is 0 Å². The van der Waals surface area contributed by atoms with Gasteiger partial charge in [-0.2, -0.15) is 0 Å². The van der Waals surface area contributed by atoms with Gasteiger partial charge >= 0.3 is 0 Å². The van der Waals surface area contributed by atoms with Crippen LogP contribution >= 0.6 is 0 Å². The molecule has 4 nitrogen and oxygen atoms in total. The molecule has 14 heavy (non-hydrogen) atoms. The lowest BCUT2D eigenvalue weighted by Crippen LogP contribution is -2.46. The summed E-state index contributed by atoms with van der Waals surface area (Å²) >= 11 is 0. The monoisotopic (exact) mass is 200 g/mol. The Bertz CT molecular complexity index is 156. The number of nitrogens with zero attached hydrogens (tertiary/aromatic N) is 1. The number of nitrogens with one attached hydrogen (secondary N) is 2. The average molecular weight is 200 g/mol. The molecule has 0 aromatic carbocycles. The van der Waals surface area contributed by atoms with Gasteiger partial charge in [-0.05, 0) is 19.3 Å². The van der Waals surface area contributed by atoms with Crippen molar-refractivity contribution < 1.29 is 0 Å². The molecular weight excluding hydrogens is 176 g/mol. The smallest absolute Gasteiger partial charge is 0.205 e. The van der Waals surface area contributed by atoms with Crippen LogP contribution < -0.4 is 16.6 Å². The SMILES string of the molecule is CCCN=C(NN)NC(CC)CCC. The highest BCUT2D eigenvalue weighted by Gasteiger charge is 2.05. The Morgan fingerprint density at radius 2 is 2.00 bits per heavy atom. The summed E-state index contributed by atoms with van der Waals surface area (Å²) in [6.07, 6.45) is 4.47. The minimum atomic E-state index is 0.478. The van der Waals surface area contributed by atoms with Crippen LogP contribution in [0.15, 0.2) is 4.99 Å². The molecule has 0 spiro atoms. The fourth-order valence-electron chi connectivity index (χ4n) is 1.28. The van der Waals surface area contributed by atoms with Crippen LogP contribution in [0, 0.1) is 0 Å². The summed E-state index contributed by atoms with van der Waals surface area (Å²) in [6, 6.07) is 0.478. The Hall–Kier alpha value is -0.770. The second-order valence-corrected chi connectivity index (χ2v) is 3.41. The first-order valence-corrected chi connectivity index (χ1v) is 5.56. The molecule has 4 heteroatoms. The van der Waals surface area contributed by atoms with E-state index in [0.717, 1.165) is 25.8 Å². The highest BCUT2D eigenvalue weighted by molar-refractivity contribution is 5.79. The van der Waals surface area contributed by atoms with Gasteiger partial charge in [0, 0.05) is 12.6 Å². The largest absolute Gasteiger partial charge is 0.353 e. The van der Waals surface area contributed by atoms with E-state index >= 15 is 0 Å². The summed E-state index contributed by atoms with van der Waals surface area (Å²) in [5, 5.41) is 3.30. The van der Waals surface area contributed by atoms with Crippen molar-refractivity contribution in [3.63, 3.8) is 0 Å². The molecule has 0 bridgehead atoms. The van der Waals surface area contributed by atoms with Gasteiger partial charge < -0.3 is 5.32 Å². The van der Waals surface area contributed by atoms with E-state index in [9.17, 15) is 0 Å². The van der Waals surface area contributed by atoms with E-state index < -0.39 is 0 Å². The predicted octanol–water partition coefficient (Wildman–Crippen LogP) is 1.38. The van der Waals surface area contributed by atoms with Gasteiger partial charge in [0.25, 0.3) is 0 Å². The van der Waals surface area contributed by atoms with Crippen molar-refractivity contribution in [2.75, 3.05) is 6.54 Å². The van der Waals surface area contributed by atoms with Gasteiger partial charge in [0.15, 0.2) is 0 Å². The third-order valence-corrected chi connectivity index (χ3v) is 2.10. The molecule has 84 valence electrons. The number of hydrogen-bond acceptors (Lipinski definition) is 2. The van der Waals surface area contributed by atoms with Crippen LogP contribution in [0.2, 0.25) is 0 Å². The molecule has 0 saturated carbocycles. The number of hydrazine groups is 1. The molecule has 1 unspecified atom stereocenters. The number of guanidine groups is 1. The summed E-state index contributed by atoms with van der Waals surface area (Å²) in [6.45, 7) is 7.26. The maximum Gasteiger partial charge on any atom is 0.205 e. The Morgan fingerprint density at radius 1 is 1.29 bits per heavy atom. The Labute approximate surface area is 87.3 Å². The van der Waals surface area contributed by atoms with Crippen LogP contribution in [-0.2, 0) is 0 Å². The lowest BCUT2D eigenvalue weighted by atomic mass is 10.1. The number of rotatable bonds is 6. The third-order valence-electron chi connectivity index (χ3n) is 2.10. The van der Waals surface area contributed by atoms with Gasteiger partial charge in [-0.25, -0.2) is 5.84 Å². The molecule has 0 aliphatic heterocycles. The molecule has 0 aliphatic carbocycles. The molecule has 0 aliphatic rings. The first kappa shape index (κ1) is 13.2. The average Bonchev–Trinajstić information content (AvgIpc) is 2.22. The molecule has 0 aromatic heterocycles. The maximum absolute atomic E-state index is 5.37. The molecule has 0 heterocycles. The normalized spacial score (nSPS) is 13.9. The zero-order valence-electron chi connectivity index (χ0n) is 9.64. The van der Waals surface area contributed by atoms with Crippen molar-refractivity contribution in [2.45, 2.75) is 52.5 Å². The molecule has 0 saturated heterocycles. The fraction of sp³-hybridized carbons (Fsp3) is 0.900. The first-order valence-electron chi connectivity index (χ1n) is 5.56. The van der Waals surface area contributed by atoms with E-state index in [2.05, 4.69) is 36.5 Å². The van der Waals surface area contributed by atoms with E-state index in [4.69, 9.17) is 5.84 Å². The van der Waals surface area contributed by atoms with E-state index in [1.165, 1.54) is 6.42 Å². The topological polar surface area (TPSA) is 62.4 Å². The van der Waals surface area contributed by atoms with Crippen molar-refractivity contribution in [3.05, 3.63) is 0 Å². The molecule has 0 aromatic rings. The van der Waals surface area contributed by atoms with Crippen LogP contribution in [0.1, 0.15) is 46.5 Å². The van der Waals surface area contributed by atoms with Crippen LogP contribution in [0.5, 0.6) is 0 Å². The van der Waals surface area contributed by atoms with E-state index in [-0.39, 0.29) is 0 Å². The number of aliphatic imine (C=N–C) groups is 1. The highest BCUT2D eigenvalue weighted by Crippen LogP contribution is 2.00. The summed E-state index contributed by atoms with van der Waals surface area (Å²) in [5.74, 6) is 6.08. The quantitative estimate of drug-likeness (QED) is 0.263. The van der Waals surface area contributed by atoms with Gasteiger partial charge in [0.05, 0.1) is 0 Å². The van der Waals surface area contributed by atoms with Crippen molar-refractivity contribution >= 4 is 5.96 Å². The number of nitrogens with two attached hydrogens (primary N) is 1. The van der Waals surface area contributed by atoms with Crippen molar-refractivity contribution in [2.24, 2.45) is 10.8 Å². The Balaban J connectivity index is 3.99. The molecule has 0 rings (SSSR count). The zero-order chi connectivity index (χ0) is 10.8. The lowest BCUT2D eigenvalue weighted by Gasteiger charge is -2.18. The molecule has 1 atom stereocenters. The molecule has 0 fully saturated rings. The molecule has 0 radical (unpaired) electrons. The lowest BCUT2D eigenvalue weighted by molar-refractivity contribution is 0.528. The first-order chi connectivity index (χ1) is 6.78. The van der Waals surface area contributed by atoms with E-state index in [0.29, 0.717) is 12.0 Å². The molecule has 0 amide bonds. The Kier molecular flexibility index (Phi) is 8.33. The summed E-state index contributed by atoms with van der Waals surface area (Å²) in [7, 11) is 0. The van der Waals surface area contributed by atoms with Crippen LogP contribution in [-0.4, -0.2) is 18.5 Å². The third kappa shape index (κ3) is 5.80. The van der Waals surface area contributed by atoms with Gasteiger partial charge in [0.2, 0.25) is 5.96 Å². The summed E-state index contributed by atoms with van der Waals surface area (Å²) in [4.78, 5) is 4.30. The fourth-order valence-corrected chi connectivity index (χ4v) is 1.28. The van der Waals surface area contributed by atoms with Gasteiger partial charge in [0.1, 0.15) is 0 Å². The zero-order valence-corrected chi connectivity index (χ0v) is 9.64. The van der Waals surface area contributed by atoms with E-state index in [1.54, 1.807) is 0 Å². The second kappa shape index (κ2) is 8.81. The van der Waals surface area contributed by atoms with Crippen LogP contribution in [0.3, 0.4) is 0 Å². The minimum Gasteiger partial charge on any atom is -0.353 e.